The first-order valence-electron chi connectivity index (χ1n) is 7.48. The molecule has 1 aliphatic heterocycles. The molecule has 1 aliphatic rings. The van der Waals surface area contributed by atoms with Gasteiger partial charge in [0.1, 0.15) is 5.76 Å². The molecule has 2 aromatic rings. The minimum Gasteiger partial charge on any atom is -0.455 e. The van der Waals surface area contributed by atoms with E-state index >= 15 is 0 Å². The summed E-state index contributed by atoms with van der Waals surface area (Å²) in [4.78, 5) is 14.4. The Labute approximate surface area is 134 Å². The number of rotatable bonds is 4. The molecule has 1 saturated heterocycles. The van der Waals surface area contributed by atoms with Gasteiger partial charge in [-0.2, -0.15) is 16.9 Å². The van der Waals surface area contributed by atoms with Gasteiger partial charge in [0, 0.05) is 18.8 Å². The number of amides is 1. The van der Waals surface area contributed by atoms with E-state index < -0.39 is 0 Å². The van der Waals surface area contributed by atoms with Crippen molar-refractivity contribution in [3.8, 4) is 0 Å². The number of aromatic nitrogens is 2. The van der Waals surface area contributed by atoms with Crippen LogP contribution in [0.2, 0.25) is 0 Å². The van der Waals surface area contributed by atoms with Crippen molar-refractivity contribution in [3.63, 3.8) is 0 Å². The van der Waals surface area contributed by atoms with Gasteiger partial charge >= 0.3 is 0 Å². The number of likely N-dealkylation sites (tertiary alicyclic amines) is 1. The summed E-state index contributed by atoms with van der Waals surface area (Å²) in [5.41, 5.74) is 2.17. The van der Waals surface area contributed by atoms with Crippen molar-refractivity contribution < 1.29 is 9.21 Å². The second-order valence-corrected chi connectivity index (χ2v) is 6.63. The number of carbonyl (C=O) groups excluding carboxylic acids is 1. The first-order chi connectivity index (χ1) is 10.6. The summed E-state index contributed by atoms with van der Waals surface area (Å²) in [5, 5.41) is 4.54. The van der Waals surface area contributed by atoms with Crippen LogP contribution in [0.15, 0.2) is 22.6 Å². The molecule has 0 radical (unpaired) electrons. The van der Waals surface area contributed by atoms with E-state index in [4.69, 9.17) is 4.42 Å². The predicted octanol–water partition coefficient (Wildman–Crippen LogP) is 3.04. The van der Waals surface area contributed by atoms with Gasteiger partial charge in [-0.05, 0) is 44.7 Å². The van der Waals surface area contributed by atoms with Crippen molar-refractivity contribution in [3.05, 3.63) is 41.1 Å². The lowest BCUT2D eigenvalue weighted by Crippen LogP contribution is -2.29. The Hall–Kier alpha value is -1.69. The van der Waals surface area contributed by atoms with Crippen molar-refractivity contribution in [2.45, 2.75) is 32.1 Å². The van der Waals surface area contributed by atoms with Crippen LogP contribution >= 0.6 is 11.8 Å². The van der Waals surface area contributed by atoms with Crippen molar-refractivity contribution >= 4 is 17.7 Å². The predicted molar refractivity (Wildman–Crippen MR) is 87.2 cm³/mol. The van der Waals surface area contributed by atoms with Gasteiger partial charge in [0.15, 0.2) is 5.76 Å². The molecule has 0 aromatic carbocycles. The smallest absolute Gasteiger partial charge is 0.289 e. The van der Waals surface area contributed by atoms with Gasteiger partial charge in [0.25, 0.3) is 5.91 Å². The fraction of sp³-hybridized carbons (Fsp3) is 0.500. The van der Waals surface area contributed by atoms with Crippen LogP contribution in [0.5, 0.6) is 0 Å². The van der Waals surface area contributed by atoms with Crippen LogP contribution in [-0.2, 0) is 5.75 Å². The zero-order valence-corrected chi connectivity index (χ0v) is 14.0. The number of furan rings is 1. The quantitative estimate of drug-likeness (QED) is 0.869. The maximum Gasteiger partial charge on any atom is 0.289 e. The molecule has 22 heavy (non-hydrogen) atoms. The summed E-state index contributed by atoms with van der Waals surface area (Å²) in [6.45, 7) is 5.50. The molecule has 2 aromatic heterocycles. The molecule has 3 rings (SSSR count). The minimum absolute atomic E-state index is 0.0172. The zero-order chi connectivity index (χ0) is 15.7. The molecule has 5 nitrogen and oxygen atoms in total. The van der Waals surface area contributed by atoms with Crippen molar-refractivity contribution in [2.24, 2.45) is 0 Å². The molecule has 0 bridgehead atoms. The van der Waals surface area contributed by atoms with E-state index in [9.17, 15) is 4.79 Å². The summed E-state index contributed by atoms with van der Waals surface area (Å²) < 4.78 is 7.68. The lowest BCUT2D eigenvalue weighted by molar-refractivity contribution is 0.0754. The molecular weight excluding hydrogens is 298 g/mol. The van der Waals surface area contributed by atoms with Gasteiger partial charge in [0.2, 0.25) is 0 Å². The number of hydrogen-bond acceptors (Lipinski definition) is 4. The van der Waals surface area contributed by atoms with Crippen molar-refractivity contribution in [2.75, 3.05) is 19.3 Å². The van der Waals surface area contributed by atoms with E-state index in [1.165, 1.54) is 0 Å². The first-order valence-corrected chi connectivity index (χ1v) is 8.87. The van der Waals surface area contributed by atoms with Gasteiger partial charge in [-0.15, -0.1) is 0 Å². The van der Waals surface area contributed by atoms with E-state index in [2.05, 4.69) is 18.1 Å². The van der Waals surface area contributed by atoms with E-state index in [0.717, 1.165) is 35.9 Å². The van der Waals surface area contributed by atoms with Crippen LogP contribution < -0.4 is 0 Å². The number of hydrogen-bond donors (Lipinski definition) is 0. The largest absolute Gasteiger partial charge is 0.455 e. The molecule has 118 valence electrons. The second kappa shape index (κ2) is 6.20. The molecular formula is C16H21N3O2S. The fourth-order valence-electron chi connectivity index (χ4n) is 3.01. The SMILES string of the molecule is CSCc1ccc(C(=O)N2CC[C@@H](n3nc(C)cc3C)C2)o1. The lowest BCUT2D eigenvalue weighted by atomic mass is 10.2. The monoisotopic (exact) mass is 319 g/mol. The molecule has 0 aliphatic carbocycles. The molecule has 0 N–H and O–H groups in total. The maximum absolute atomic E-state index is 12.5. The third-order valence-corrected chi connectivity index (χ3v) is 4.57. The van der Waals surface area contributed by atoms with Gasteiger partial charge in [-0.3, -0.25) is 9.48 Å². The van der Waals surface area contributed by atoms with Gasteiger partial charge in [-0.25, -0.2) is 0 Å². The second-order valence-electron chi connectivity index (χ2n) is 5.76. The summed E-state index contributed by atoms with van der Waals surface area (Å²) in [6, 6.07) is 6.01. The van der Waals surface area contributed by atoms with Gasteiger partial charge in [-0.1, -0.05) is 0 Å². The normalized spacial score (nSPS) is 18.1. The number of nitrogens with zero attached hydrogens (tertiary/aromatic N) is 3. The summed E-state index contributed by atoms with van der Waals surface area (Å²) in [5.74, 6) is 2.07. The Bertz CT molecular complexity index is 677. The van der Waals surface area contributed by atoms with E-state index in [-0.39, 0.29) is 11.9 Å². The molecule has 1 amide bonds. The molecule has 3 heterocycles. The lowest BCUT2D eigenvalue weighted by Gasteiger charge is -2.16. The molecule has 0 saturated carbocycles. The highest BCUT2D eigenvalue weighted by molar-refractivity contribution is 7.97. The highest BCUT2D eigenvalue weighted by Gasteiger charge is 2.30. The topological polar surface area (TPSA) is 51.3 Å². The summed E-state index contributed by atoms with van der Waals surface area (Å²) in [6.07, 6.45) is 2.95. The van der Waals surface area contributed by atoms with E-state index in [1.807, 2.05) is 28.8 Å². The Morgan fingerprint density at radius 2 is 2.27 bits per heavy atom. The average Bonchev–Trinajstić information content (AvgIpc) is 3.18. The minimum atomic E-state index is -0.0172. The third kappa shape index (κ3) is 2.92. The standard InChI is InChI=1S/C16H21N3O2S/c1-11-8-12(2)19(17-11)13-6-7-18(9-13)16(20)15-5-4-14(21-15)10-22-3/h4-5,8,13H,6-7,9-10H2,1-3H3/t13-/m1/s1. The van der Waals surface area contributed by atoms with Crippen LogP contribution in [0.25, 0.3) is 0 Å². The fourth-order valence-corrected chi connectivity index (χ4v) is 3.45. The molecule has 0 spiro atoms. The van der Waals surface area contributed by atoms with Crippen molar-refractivity contribution in [1.29, 1.82) is 0 Å². The highest BCUT2D eigenvalue weighted by atomic mass is 32.2. The van der Waals surface area contributed by atoms with Gasteiger partial charge in [0.05, 0.1) is 17.5 Å². The van der Waals surface area contributed by atoms with E-state index in [0.29, 0.717) is 12.3 Å². The van der Waals surface area contributed by atoms with Crippen molar-refractivity contribution in [1.82, 2.24) is 14.7 Å². The maximum atomic E-state index is 12.5. The molecule has 1 fully saturated rings. The van der Waals surface area contributed by atoms with Crippen LogP contribution in [0.4, 0.5) is 0 Å². The number of carbonyl (C=O) groups is 1. The van der Waals surface area contributed by atoms with E-state index in [1.54, 1.807) is 17.8 Å². The van der Waals surface area contributed by atoms with Crippen LogP contribution in [0.3, 0.4) is 0 Å². The Kier molecular flexibility index (Phi) is 4.29. The number of aryl methyl sites for hydroxylation is 2. The summed E-state index contributed by atoms with van der Waals surface area (Å²) in [7, 11) is 0. The number of thioether (sulfide) groups is 1. The van der Waals surface area contributed by atoms with Gasteiger partial charge < -0.3 is 9.32 Å². The molecule has 1 atom stereocenters. The summed E-state index contributed by atoms with van der Waals surface area (Å²) >= 11 is 1.68. The first kappa shape index (κ1) is 15.2. The molecule has 6 heteroatoms. The highest BCUT2D eigenvalue weighted by Crippen LogP contribution is 2.25. The zero-order valence-electron chi connectivity index (χ0n) is 13.2. The van der Waals surface area contributed by atoms with Crippen LogP contribution in [0.1, 0.15) is 40.2 Å². The Morgan fingerprint density at radius 3 is 2.95 bits per heavy atom. The Balaban J connectivity index is 1.69. The average molecular weight is 319 g/mol. The Morgan fingerprint density at radius 1 is 1.45 bits per heavy atom. The molecule has 0 unspecified atom stereocenters. The van der Waals surface area contributed by atoms with Crippen LogP contribution in [0, 0.1) is 13.8 Å². The van der Waals surface area contributed by atoms with Crippen LogP contribution in [-0.4, -0.2) is 39.9 Å². The third-order valence-electron chi connectivity index (χ3n) is 4.00.